The van der Waals surface area contributed by atoms with Gasteiger partial charge in [0, 0.05) is 0 Å². The Bertz CT molecular complexity index is 494. The maximum Gasteiger partial charge on any atom is 0.192 e. The molecule has 1 atom stereocenters. The number of fused-ring (bicyclic) bond motifs is 1. The summed E-state index contributed by atoms with van der Waals surface area (Å²) in [6.07, 6.45) is 2.02. The van der Waals surface area contributed by atoms with Gasteiger partial charge in [0.05, 0.1) is 10.6 Å². The molecule has 0 spiro atoms. The standard InChI is InChI=1S/C15H22BrFOSi/c1-15(2,3)19(4,5)18-14-7-6-10-8-12(16)13(17)9-11(10)14/h8-9,14H,6-7H2,1-5H3. The molecule has 1 nitrogen and oxygen atoms in total. The minimum atomic E-state index is -1.80. The molecule has 0 fully saturated rings. The van der Waals surface area contributed by atoms with Crippen LogP contribution in [0.1, 0.15) is 44.4 Å². The summed E-state index contributed by atoms with van der Waals surface area (Å²) in [5.41, 5.74) is 2.27. The Morgan fingerprint density at radius 1 is 1.32 bits per heavy atom. The normalized spacial score (nSPS) is 19.6. The summed E-state index contributed by atoms with van der Waals surface area (Å²) in [6.45, 7) is 11.2. The zero-order valence-corrected chi connectivity index (χ0v) is 14.9. The van der Waals surface area contributed by atoms with Crippen LogP contribution in [0, 0.1) is 5.82 Å². The molecule has 0 aromatic heterocycles. The lowest BCUT2D eigenvalue weighted by molar-refractivity contribution is 0.185. The fourth-order valence-corrected chi connectivity index (χ4v) is 3.92. The second-order valence-corrected chi connectivity index (χ2v) is 12.5. The first-order valence-corrected chi connectivity index (χ1v) is 10.5. The molecule has 1 aromatic carbocycles. The molecule has 0 amide bonds. The first-order valence-electron chi connectivity index (χ1n) is 6.77. The smallest absolute Gasteiger partial charge is 0.192 e. The molecule has 0 saturated heterocycles. The van der Waals surface area contributed by atoms with Gasteiger partial charge in [-0.3, -0.25) is 0 Å². The molecule has 1 aliphatic rings. The Kier molecular flexibility index (Phi) is 3.98. The van der Waals surface area contributed by atoms with Gasteiger partial charge in [-0.05, 0) is 70.2 Å². The van der Waals surface area contributed by atoms with E-state index < -0.39 is 8.32 Å². The lowest BCUT2D eigenvalue weighted by Gasteiger charge is -2.38. The van der Waals surface area contributed by atoms with E-state index >= 15 is 0 Å². The monoisotopic (exact) mass is 344 g/mol. The summed E-state index contributed by atoms with van der Waals surface area (Å²) in [5.74, 6) is -0.190. The van der Waals surface area contributed by atoms with Crippen LogP contribution >= 0.6 is 15.9 Å². The molecule has 0 heterocycles. The van der Waals surface area contributed by atoms with Gasteiger partial charge in [0.1, 0.15) is 5.82 Å². The van der Waals surface area contributed by atoms with Crippen molar-refractivity contribution in [2.45, 2.75) is 57.8 Å². The molecule has 19 heavy (non-hydrogen) atoms. The molecule has 106 valence electrons. The second kappa shape index (κ2) is 4.97. The van der Waals surface area contributed by atoms with Gasteiger partial charge in [-0.2, -0.15) is 0 Å². The minimum absolute atomic E-state index is 0.0680. The third kappa shape index (κ3) is 2.95. The van der Waals surface area contributed by atoms with Crippen LogP contribution in [0.25, 0.3) is 0 Å². The lowest BCUT2D eigenvalue weighted by Crippen LogP contribution is -2.41. The van der Waals surface area contributed by atoms with Gasteiger partial charge in [-0.25, -0.2) is 4.39 Å². The van der Waals surface area contributed by atoms with E-state index in [1.807, 2.05) is 6.07 Å². The fraction of sp³-hybridized carbons (Fsp3) is 0.600. The van der Waals surface area contributed by atoms with E-state index in [-0.39, 0.29) is 17.0 Å². The van der Waals surface area contributed by atoms with Crippen LogP contribution in [-0.4, -0.2) is 8.32 Å². The largest absolute Gasteiger partial charge is 0.410 e. The Labute approximate surface area is 124 Å². The van der Waals surface area contributed by atoms with Gasteiger partial charge >= 0.3 is 0 Å². The van der Waals surface area contributed by atoms with Crippen LogP contribution in [0.4, 0.5) is 4.39 Å². The number of halogens is 2. The van der Waals surface area contributed by atoms with Gasteiger partial charge in [0.25, 0.3) is 0 Å². The number of benzene rings is 1. The first-order chi connectivity index (χ1) is 8.62. The van der Waals surface area contributed by atoms with Crippen molar-refractivity contribution in [1.82, 2.24) is 0 Å². The lowest BCUT2D eigenvalue weighted by atomic mass is 10.1. The number of aryl methyl sites for hydroxylation is 1. The summed E-state index contributed by atoms with van der Waals surface area (Å²) in [5, 5.41) is 0.184. The third-order valence-corrected chi connectivity index (χ3v) is 9.54. The SMILES string of the molecule is CC(C)(C)[Si](C)(C)OC1CCc2cc(Br)c(F)cc21. The quantitative estimate of drug-likeness (QED) is 0.634. The van der Waals surface area contributed by atoms with E-state index in [1.54, 1.807) is 6.07 Å². The number of hydrogen-bond donors (Lipinski definition) is 0. The van der Waals surface area contributed by atoms with Crippen molar-refractivity contribution in [1.29, 1.82) is 0 Å². The molecule has 0 radical (unpaired) electrons. The molecule has 1 aliphatic carbocycles. The maximum atomic E-state index is 13.7. The molecule has 4 heteroatoms. The molecule has 0 bridgehead atoms. The molecular weight excluding hydrogens is 323 g/mol. The second-order valence-electron chi connectivity index (χ2n) is 6.87. The molecule has 2 rings (SSSR count). The van der Waals surface area contributed by atoms with Crippen LogP contribution in [0.5, 0.6) is 0 Å². The van der Waals surface area contributed by atoms with Crippen LogP contribution in [0.15, 0.2) is 16.6 Å². The molecule has 1 unspecified atom stereocenters. The third-order valence-electron chi connectivity index (χ3n) is 4.45. The summed E-state index contributed by atoms with van der Waals surface area (Å²) < 4.78 is 20.7. The topological polar surface area (TPSA) is 9.23 Å². The van der Waals surface area contributed by atoms with E-state index in [0.29, 0.717) is 4.47 Å². The maximum absolute atomic E-state index is 13.7. The van der Waals surface area contributed by atoms with E-state index in [2.05, 4.69) is 49.8 Å². The average molecular weight is 345 g/mol. The number of rotatable bonds is 2. The van der Waals surface area contributed by atoms with E-state index in [9.17, 15) is 4.39 Å². The van der Waals surface area contributed by atoms with Crippen molar-refractivity contribution in [3.05, 3.63) is 33.5 Å². The zero-order chi connectivity index (χ0) is 14.4. The molecule has 1 aromatic rings. The Balaban J connectivity index is 2.26. The van der Waals surface area contributed by atoms with Crippen LogP contribution in [0.2, 0.25) is 18.1 Å². The summed E-state index contributed by atoms with van der Waals surface area (Å²) in [6, 6.07) is 3.55. The molecular formula is C15H22BrFOSi. The van der Waals surface area contributed by atoms with E-state index in [1.165, 1.54) is 5.56 Å². The highest BCUT2D eigenvalue weighted by Gasteiger charge is 2.40. The van der Waals surface area contributed by atoms with E-state index in [0.717, 1.165) is 18.4 Å². The van der Waals surface area contributed by atoms with Crippen molar-refractivity contribution >= 4 is 24.2 Å². The summed E-state index contributed by atoms with van der Waals surface area (Å²) in [4.78, 5) is 0. The highest BCUT2D eigenvalue weighted by molar-refractivity contribution is 9.10. The molecule has 0 aliphatic heterocycles. The zero-order valence-electron chi connectivity index (χ0n) is 12.3. The van der Waals surface area contributed by atoms with Crippen LogP contribution in [0.3, 0.4) is 0 Å². The Morgan fingerprint density at radius 3 is 2.53 bits per heavy atom. The predicted molar refractivity (Wildman–Crippen MR) is 83.4 cm³/mol. The first kappa shape index (κ1) is 15.2. The van der Waals surface area contributed by atoms with Crippen molar-refractivity contribution in [3.8, 4) is 0 Å². The minimum Gasteiger partial charge on any atom is -0.410 e. The van der Waals surface area contributed by atoms with Gasteiger partial charge in [0.2, 0.25) is 0 Å². The molecule has 0 N–H and O–H groups in total. The van der Waals surface area contributed by atoms with Gasteiger partial charge in [-0.1, -0.05) is 20.8 Å². The van der Waals surface area contributed by atoms with Crippen molar-refractivity contribution in [3.63, 3.8) is 0 Å². The van der Waals surface area contributed by atoms with Crippen LogP contribution in [-0.2, 0) is 10.8 Å². The van der Waals surface area contributed by atoms with Crippen LogP contribution < -0.4 is 0 Å². The summed E-state index contributed by atoms with van der Waals surface area (Å²) in [7, 11) is -1.80. The van der Waals surface area contributed by atoms with Gasteiger partial charge in [0.15, 0.2) is 8.32 Å². The van der Waals surface area contributed by atoms with Gasteiger partial charge < -0.3 is 4.43 Å². The predicted octanol–water partition coefficient (Wildman–Crippen LogP) is 5.60. The van der Waals surface area contributed by atoms with Crippen molar-refractivity contribution < 1.29 is 8.82 Å². The van der Waals surface area contributed by atoms with Crippen molar-refractivity contribution in [2.24, 2.45) is 0 Å². The highest BCUT2D eigenvalue weighted by atomic mass is 79.9. The Hall–Kier alpha value is -0.193. The van der Waals surface area contributed by atoms with Gasteiger partial charge in [-0.15, -0.1) is 0 Å². The highest BCUT2D eigenvalue weighted by Crippen LogP contribution is 2.44. The van der Waals surface area contributed by atoms with Crippen molar-refractivity contribution in [2.75, 3.05) is 0 Å². The fourth-order valence-electron chi connectivity index (χ4n) is 2.22. The van der Waals surface area contributed by atoms with E-state index in [4.69, 9.17) is 4.43 Å². The Morgan fingerprint density at radius 2 is 1.95 bits per heavy atom. The average Bonchev–Trinajstić information content (AvgIpc) is 2.60. The molecule has 0 saturated carbocycles. The number of hydrogen-bond acceptors (Lipinski definition) is 1. The summed E-state index contributed by atoms with van der Waals surface area (Å²) >= 11 is 3.25.